The standard InChI is InChI=1S/C10H12ClN3O3/c11-6-4-8(14(15)16)10(13-5-6)17-9-3-1-2-7(9)12/h4-5,7,9H,1-3,12H2. The lowest BCUT2D eigenvalue weighted by molar-refractivity contribution is -0.386. The number of halogens is 1. The van der Waals surface area contributed by atoms with Gasteiger partial charge in [-0.25, -0.2) is 4.98 Å². The van der Waals surface area contributed by atoms with Gasteiger partial charge in [-0.1, -0.05) is 11.6 Å². The Morgan fingerprint density at radius 2 is 2.35 bits per heavy atom. The predicted octanol–water partition coefficient (Wildman–Crippen LogP) is 1.90. The lowest BCUT2D eigenvalue weighted by Gasteiger charge is -2.16. The second-order valence-corrected chi connectivity index (χ2v) is 4.42. The summed E-state index contributed by atoms with van der Waals surface area (Å²) in [6.07, 6.45) is 3.74. The molecule has 2 rings (SSSR count). The van der Waals surface area contributed by atoms with Crippen LogP contribution in [0.5, 0.6) is 5.88 Å². The van der Waals surface area contributed by atoms with Crippen LogP contribution in [0, 0.1) is 10.1 Å². The van der Waals surface area contributed by atoms with Gasteiger partial charge in [0, 0.05) is 12.1 Å². The van der Waals surface area contributed by atoms with Crippen molar-refractivity contribution in [2.45, 2.75) is 31.4 Å². The first-order valence-corrected chi connectivity index (χ1v) is 5.68. The van der Waals surface area contributed by atoms with Crippen molar-refractivity contribution in [3.05, 3.63) is 27.4 Å². The number of aromatic nitrogens is 1. The maximum absolute atomic E-state index is 10.8. The number of pyridine rings is 1. The van der Waals surface area contributed by atoms with E-state index in [4.69, 9.17) is 22.1 Å². The molecule has 2 atom stereocenters. The molecule has 0 aromatic carbocycles. The van der Waals surface area contributed by atoms with Crippen LogP contribution in [0.3, 0.4) is 0 Å². The Morgan fingerprint density at radius 1 is 1.59 bits per heavy atom. The molecule has 2 unspecified atom stereocenters. The number of rotatable bonds is 3. The van der Waals surface area contributed by atoms with E-state index in [1.165, 1.54) is 12.3 Å². The Labute approximate surface area is 103 Å². The van der Waals surface area contributed by atoms with Gasteiger partial charge >= 0.3 is 5.69 Å². The minimum absolute atomic E-state index is 0.0123. The highest BCUT2D eigenvalue weighted by molar-refractivity contribution is 6.30. The molecule has 0 amide bonds. The summed E-state index contributed by atoms with van der Waals surface area (Å²) in [4.78, 5) is 14.1. The van der Waals surface area contributed by atoms with Crippen LogP contribution in [0.2, 0.25) is 5.02 Å². The van der Waals surface area contributed by atoms with E-state index in [-0.39, 0.29) is 28.7 Å². The second kappa shape index (κ2) is 4.85. The maximum Gasteiger partial charge on any atom is 0.332 e. The van der Waals surface area contributed by atoms with Crippen molar-refractivity contribution in [1.82, 2.24) is 4.98 Å². The molecule has 1 aromatic rings. The van der Waals surface area contributed by atoms with E-state index in [1.54, 1.807) is 0 Å². The topological polar surface area (TPSA) is 91.3 Å². The maximum atomic E-state index is 10.8. The van der Waals surface area contributed by atoms with Crippen molar-refractivity contribution in [1.29, 1.82) is 0 Å². The van der Waals surface area contributed by atoms with Crippen molar-refractivity contribution in [3.8, 4) is 5.88 Å². The molecule has 6 nitrogen and oxygen atoms in total. The summed E-state index contributed by atoms with van der Waals surface area (Å²) in [5.74, 6) is -0.0123. The molecular weight excluding hydrogens is 246 g/mol. The van der Waals surface area contributed by atoms with Crippen molar-refractivity contribution >= 4 is 17.3 Å². The summed E-state index contributed by atoms with van der Waals surface area (Å²) >= 11 is 5.66. The van der Waals surface area contributed by atoms with Gasteiger partial charge in [0.15, 0.2) is 0 Å². The lowest BCUT2D eigenvalue weighted by Crippen LogP contribution is -2.34. The van der Waals surface area contributed by atoms with Crippen molar-refractivity contribution in [3.63, 3.8) is 0 Å². The number of ether oxygens (including phenoxy) is 1. The first kappa shape index (κ1) is 12.1. The van der Waals surface area contributed by atoms with Crippen LogP contribution >= 0.6 is 11.6 Å². The molecule has 1 aliphatic rings. The minimum atomic E-state index is -0.561. The number of hydrogen-bond acceptors (Lipinski definition) is 5. The Kier molecular flexibility index (Phi) is 3.44. The Balaban J connectivity index is 2.22. The highest BCUT2D eigenvalue weighted by Crippen LogP contribution is 2.30. The first-order chi connectivity index (χ1) is 8.08. The van der Waals surface area contributed by atoms with E-state index in [0.29, 0.717) is 0 Å². The number of nitro groups is 1. The highest BCUT2D eigenvalue weighted by Gasteiger charge is 2.29. The van der Waals surface area contributed by atoms with E-state index in [9.17, 15) is 10.1 Å². The summed E-state index contributed by atoms with van der Waals surface area (Å²) in [5, 5.41) is 11.0. The molecule has 1 fully saturated rings. The number of hydrogen-bond donors (Lipinski definition) is 1. The summed E-state index contributed by atoms with van der Waals surface area (Å²) in [6.45, 7) is 0. The van der Waals surface area contributed by atoms with Gasteiger partial charge in [-0.15, -0.1) is 0 Å². The third-order valence-electron chi connectivity index (χ3n) is 2.76. The zero-order valence-corrected chi connectivity index (χ0v) is 9.76. The van der Waals surface area contributed by atoms with Gasteiger partial charge < -0.3 is 10.5 Å². The average Bonchev–Trinajstić information content (AvgIpc) is 2.67. The summed E-state index contributed by atoms with van der Waals surface area (Å²) < 4.78 is 5.50. The summed E-state index contributed by atoms with van der Waals surface area (Å²) in [5.41, 5.74) is 5.61. The molecule has 0 radical (unpaired) electrons. The van der Waals surface area contributed by atoms with E-state index < -0.39 is 4.92 Å². The molecule has 1 saturated carbocycles. The lowest BCUT2D eigenvalue weighted by atomic mass is 10.2. The van der Waals surface area contributed by atoms with Crippen LogP contribution in [0.15, 0.2) is 12.3 Å². The van der Waals surface area contributed by atoms with Gasteiger partial charge in [-0.05, 0) is 19.3 Å². The molecule has 1 aliphatic carbocycles. The van der Waals surface area contributed by atoms with Crippen LogP contribution < -0.4 is 10.5 Å². The van der Waals surface area contributed by atoms with E-state index in [0.717, 1.165) is 19.3 Å². The van der Waals surface area contributed by atoms with Crippen LogP contribution in [-0.4, -0.2) is 22.1 Å². The summed E-state index contributed by atoms with van der Waals surface area (Å²) in [6, 6.07) is 1.14. The quantitative estimate of drug-likeness (QED) is 0.660. The molecule has 1 heterocycles. The number of nitrogens with two attached hydrogens (primary N) is 1. The van der Waals surface area contributed by atoms with E-state index in [2.05, 4.69) is 4.98 Å². The van der Waals surface area contributed by atoms with Crippen molar-refractivity contribution in [2.75, 3.05) is 0 Å². The smallest absolute Gasteiger partial charge is 0.332 e. The third kappa shape index (κ3) is 2.65. The van der Waals surface area contributed by atoms with Crippen molar-refractivity contribution in [2.24, 2.45) is 5.73 Å². The molecule has 0 spiro atoms. The minimum Gasteiger partial charge on any atom is -0.468 e. The van der Waals surface area contributed by atoms with Crippen LogP contribution in [0.1, 0.15) is 19.3 Å². The molecule has 0 saturated heterocycles. The molecular formula is C10H12ClN3O3. The second-order valence-electron chi connectivity index (χ2n) is 3.99. The Morgan fingerprint density at radius 3 is 2.94 bits per heavy atom. The van der Waals surface area contributed by atoms with Gasteiger partial charge in [0.25, 0.3) is 5.88 Å². The monoisotopic (exact) mass is 257 g/mol. The average molecular weight is 258 g/mol. The van der Waals surface area contributed by atoms with Gasteiger partial charge in [-0.3, -0.25) is 10.1 Å². The molecule has 0 aliphatic heterocycles. The fourth-order valence-electron chi connectivity index (χ4n) is 1.88. The fraction of sp³-hybridized carbons (Fsp3) is 0.500. The normalized spacial score (nSPS) is 23.6. The van der Waals surface area contributed by atoms with Crippen LogP contribution in [-0.2, 0) is 0 Å². The first-order valence-electron chi connectivity index (χ1n) is 5.30. The predicted molar refractivity (Wildman–Crippen MR) is 62.1 cm³/mol. The third-order valence-corrected chi connectivity index (χ3v) is 2.97. The van der Waals surface area contributed by atoms with Crippen LogP contribution in [0.25, 0.3) is 0 Å². The van der Waals surface area contributed by atoms with Crippen LogP contribution in [0.4, 0.5) is 5.69 Å². The molecule has 92 valence electrons. The number of nitrogens with zero attached hydrogens (tertiary/aromatic N) is 2. The van der Waals surface area contributed by atoms with Gasteiger partial charge in [0.05, 0.1) is 16.1 Å². The molecule has 2 N–H and O–H groups in total. The summed E-state index contributed by atoms with van der Waals surface area (Å²) in [7, 11) is 0. The molecule has 0 bridgehead atoms. The molecule has 17 heavy (non-hydrogen) atoms. The zero-order chi connectivity index (χ0) is 12.4. The Hall–Kier alpha value is -1.40. The SMILES string of the molecule is NC1CCCC1Oc1ncc(Cl)cc1[N+](=O)[O-]. The Bertz CT molecular complexity index is 441. The largest absolute Gasteiger partial charge is 0.468 e. The van der Waals surface area contributed by atoms with Crippen molar-refractivity contribution < 1.29 is 9.66 Å². The molecule has 1 aromatic heterocycles. The van der Waals surface area contributed by atoms with E-state index in [1.807, 2.05) is 0 Å². The molecule has 7 heteroatoms. The van der Waals surface area contributed by atoms with Gasteiger partial charge in [0.1, 0.15) is 6.10 Å². The van der Waals surface area contributed by atoms with Gasteiger partial charge in [0.2, 0.25) is 0 Å². The van der Waals surface area contributed by atoms with E-state index >= 15 is 0 Å². The highest BCUT2D eigenvalue weighted by atomic mass is 35.5. The van der Waals surface area contributed by atoms with Gasteiger partial charge in [-0.2, -0.15) is 0 Å². The zero-order valence-electron chi connectivity index (χ0n) is 9.01. The fourth-order valence-corrected chi connectivity index (χ4v) is 2.03.